The van der Waals surface area contributed by atoms with Crippen LogP contribution in [0.1, 0.15) is 24.0 Å². The summed E-state index contributed by atoms with van der Waals surface area (Å²) in [6.07, 6.45) is 2.60. The molecule has 2 heterocycles. The monoisotopic (exact) mass is 329 g/mol. The van der Waals surface area contributed by atoms with Crippen LogP contribution in [-0.4, -0.2) is 10.2 Å². The van der Waals surface area contributed by atoms with Gasteiger partial charge in [-0.05, 0) is 37.1 Å². The maximum atomic E-state index is 12.7. The van der Waals surface area contributed by atoms with Gasteiger partial charge in [-0.1, -0.05) is 49.1 Å². The number of thioether (sulfide) groups is 1. The summed E-state index contributed by atoms with van der Waals surface area (Å²) in [4.78, 5) is 14.9. The first-order valence-corrected chi connectivity index (χ1v) is 8.25. The Labute approximate surface area is 139 Å². The number of furan rings is 1. The molecule has 0 radical (unpaired) electrons. The van der Waals surface area contributed by atoms with Gasteiger partial charge in [0.25, 0.3) is 5.91 Å². The average Bonchev–Trinajstić information content (AvgIpc) is 3.03. The number of carbonyl (C=O) groups is 1. The summed E-state index contributed by atoms with van der Waals surface area (Å²) < 4.78 is 6.07. The zero-order valence-corrected chi connectivity index (χ0v) is 14.0. The normalized spacial score (nSPS) is 16.8. The quantitative estimate of drug-likeness (QED) is 0.611. The van der Waals surface area contributed by atoms with Crippen LogP contribution in [0.4, 0.5) is 5.69 Å². The van der Waals surface area contributed by atoms with E-state index in [2.05, 4.69) is 6.92 Å². The Morgan fingerprint density at radius 2 is 2.05 bits per heavy atom. The van der Waals surface area contributed by atoms with Gasteiger partial charge in [-0.2, -0.15) is 0 Å². The fraction of sp³-hybridized carbons (Fsp3) is 0.176. The molecule has 0 atom stereocenters. The van der Waals surface area contributed by atoms with Gasteiger partial charge < -0.3 is 4.42 Å². The molecule has 2 aromatic rings. The van der Waals surface area contributed by atoms with Gasteiger partial charge in [0.05, 0.1) is 10.6 Å². The van der Waals surface area contributed by atoms with Crippen molar-refractivity contribution in [2.75, 3.05) is 4.90 Å². The van der Waals surface area contributed by atoms with E-state index >= 15 is 0 Å². The van der Waals surface area contributed by atoms with Crippen LogP contribution in [-0.2, 0) is 11.2 Å². The van der Waals surface area contributed by atoms with Crippen molar-refractivity contribution in [2.45, 2.75) is 20.3 Å². The third-order valence-electron chi connectivity index (χ3n) is 3.44. The van der Waals surface area contributed by atoms with Crippen LogP contribution in [0.2, 0.25) is 0 Å². The first-order chi connectivity index (χ1) is 10.6. The molecule has 22 heavy (non-hydrogen) atoms. The number of aryl methyl sites for hydroxylation is 2. The Morgan fingerprint density at radius 3 is 2.73 bits per heavy atom. The summed E-state index contributed by atoms with van der Waals surface area (Å²) in [5.74, 6) is 1.39. The SMILES string of the molecule is CCc1ccccc1N1C(=O)/C(=C\c2ccc(C)o2)SC1=S. The van der Waals surface area contributed by atoms with E-state index in [0.29, 0.717) is 15.0 Å². The minimum atomic E-state index is -0.0926. The van der Waals surface area contributed by atoms with E-state index < -0.39 is 0 Å². The first-order valence-electron chi connectivity index (χ1n) is 7.02. The van der Waals surface area contributed by atoms with Gasteiger partial charge in [-0.3, -0.25) is 9.69 Å². The van der Waals surface area contributed by atoms with Crippen molar-refractivity contribution in [3.05, 3.63) is 58.4 Å². The zero-order valence-electron chi connectivity index (χ0n) is 12.3. The van der Waals surface area contributed by atoms with E-state index in [1.165, 1.54) is 11.8 Å². The third kappa shape index (κ3) is 2.74. The van der Waals surface area contributed by atoms with E-state index in [9.17, 15) is 4.79 Å². The van der Waals surface area contributed by atoms with Crippen molar-refractivity contribution in [1.29, 1.82) is 0 Å². The zero-order chi connectivity index (χ0) is 15.7. The van der Waals surface area contributed by atoms with E-state index in [1.807, 2.05) is 43.3 Å². The van der Waals surface area contributed by atoms with Crippen LogP contribution in [0.5, 0.6) is 0 Å². The molecule has 3 nitrogen and oxygen atoms in total. The second kappa shape index (κ2) is 6.10. The van der Waals surface area contributed by atoms with Crippen molar-refractivity contribution in [3.8, 4) is 0 Å². The van der Waals surface area contributed by atoms with Crippen molar-refractivity contribution in [1.82, 2.24) is 0 Å². The van der Waals surface area contributed by atoms with Gasteiger partial charge in [0.2, 0.25) is 0 Å². The molecule has 3 rings (SSSR count). The minimum absolute atomic E-state index is 0.0926. The number of rotatable bonds is 3. The summed E-state index contributed by atoms with van der Waals surface area (Å²) in [7, 11) is 0. The number of carbonyl (C=O) groups excluding carboxylic acids is 1. The predicted molar refractivity (Wildman–Crippen MR) is 94.9 cm³/mol. The molecule has 1 amide bonds. The topological polar surface area (TPSA) is 33.5 Å². The first kappa shape index (κ1) is 15.1. The highest BCUT2D eigenvalue weighted by molar-refractivity contribution is 8.27. The third-order valence-corrected chi connectivity index (χ3v) is 4.74. The van der Waals surface area contributed by atoms with Crippen molar-refractivity contribution in [2.24, 2.45) is 0 Å². The highest BCUT2D eigenvalue weighted by atomic mass is 32.2. The Bertz CT molecular complexity index is 776. The standard InChI is InChI=1S/C17H15NO2S2/c1-3-12-6-4-5-7-14(12)18-16(19)15(22-17(18)21)10-13-9-8-11(2)20-13/h4-10H,3H2,1-2H3/b15-10+. The molecule has 0 spiro atoms. The van der Waals surface area contributed by atoms with Crippen LogP contribution in [0.3, 0.4) is 0 Å². The molecule has 1 aromatic heterocycles. The largest absolute Gasteiger partial charge is 0.462 e. The van der Waals surface area contributed by atoms with Crippen molar-refractivity contribution < 1.29 is 9.21 Å². The molecule has 1 aromatic carbocycles. The number of nitrogens with zero attached hydrogens (tertiary/aromatic N) is 1. The lowest BCUT2D eigenvalue weighted by Crippen LogP contribution is -2.28. The van der Waals surface area contributed by atoms with Gasteiger partial charge in [0.15, 0.2) is 4.32 Å². The van der Waals surface area contributed by atoms with Crippen LogP contribution in [0.15, 0.2) is 45.7 Å². The molecule has 1 fully saturated rings. The molecule has 1 aliphatic heterocycles. The predicted octanol–water partition coefficient (Wildman–Crippen LogP) is 4.56. The van der Waals surface area contributed by atoms with E-state index in [0.717, 1.165) is 23.4 Å². The summed E-state index contributed by atoms with van der Waals surface area (Å²) in [5.41, 5.74) is 1.97. The highest BCUT2D eigenvalue weighted by Crippen LogP contribution is 2.37. The number of hydrogen-bond donors (Lipinski definition) is 0. The summed E-state index contributed by atoms with van der Waals surface area (Å²) in [6.45, 7) is 3.94. The minimum Gasteiger partial charge on any atom is -0.462 e. The van der Waals surface area contributed by atoms with E-state index in [-0.39, 0.29) is 5.91 Å². The Morgan fingerprint density at radius 1 is 1.27 bits per heavy atom. The number of thiocarbonyl (C=S) groups is 1. The van der Waals surface area contributed by atoms with Gasteiger partial charge in [0, 0.05) is 6.08 Å². The lowest BCUT2D eigenvalue weighted by atomic mass is 10.1. The fourth-order valence-corrected chi connectivity index (χ4v) is 3.63. The number of para-hydroxylation sites is 1. The molecule has 1 aliphatic rings. The fourth-order valence-electron chi connectivity index (χ4n) is 2.36. The van der Waals surface area contributed by atoms with Gasteiger partial charge in [-0.15, -0.1) is 0 Å². The number of amides is 1. The highest BCUT2D eigenvalue weighted by Gasteiger charge is 2.34. The van der Waals surface area contributed by atoms with Crippen LogP contribution >= 0.6 is 24.0 Å². The number of hydrogen-bond acceptors (Lipinski definition) is 4. The van der Waals surface area contributed by atoms with E-state index in [4.69, 9.17) is 16.6 Å². The molecule has 0 unspecified atom stereocenters. The number of benzene rings is 1. The molecule has 0 bridgehead atoms. The van der Waals surface area contributed by atoms with E-state index in [1.54, 1.807) is 11.0 Å². The van der Waals surface area contributed by atoms with Gasteiger partial charge in [0.1, 0.15) is 11.5 Å². The van der Waals surface area contributed by atoms with Gasteiger partial charge in [-0.25, -0.2) is 0 Å². The molecular formula is C17H15NO2S2. The summed E-state index contributed by atoms with van der Waals surface area (Å²) >= 11 is 6.71. The molecule has 5 heteroatoms. The Hall–Kier alpha value is -1.85. The Kier molecular flexibility index (Phi) is 4.18. The second-order valence-corrected chi connectivity index (χ2v) is 6.62. The summed E-state index contributed by atoms with van der Waals surface area (Å²) in [6, 6.07) is 11.6. The van der Waals surface area contributed by atoms with Crippen LogP contribution in [0.25, 0.3) is 6.08 Å². The molecule has 0 saturated carbocycles. The van der Waals surface area contributed by atoms with Gasteiger partial charge >= 0.3 is 0 Å². The Balaban J connectivity index is 1.97. The summed E-state index contributed by atoms with van der Waals surface area (Å²) in [5, 5.41) is 0. The molecular weight excluding hydrogens is 314 g/mol. The number of anilines is 1. The van der Waals surface area contributed by atoms with Crippen molar-refractivity contribution >= 4 is 46.0 Å². The maximum absolute atomic E-state index is 12.7. The molecule has 0 aliphatic carbocycles. The molecule has 112 valence electrons. The van der Waals surface area contributed by atoms with Crippen LogP contribution in [0, 0.1) is 6.92 Å². The lowest BCUT2D eigenvalue weighted by Gasteiger charge is -2.17. The molecule has 1 saturated heterocycles. The smallest absolute Gasteiger partial charge is 0.270 e. The maximum Gasteiger partial charge on any atom is 0.270 e. The average molecular weight is 329 g/mol. The van der Waals surface area contributed by atoms with Crippen molar-refractivity contribution in [3.63, 3.8) is 0 Å². The van der Waals surface area contributed by atoms with Crippen LogP contribution < -0.4 is 4.90 Å². The second-order valence-electron chi connectivity index (χ2n) is 4.95. The lowest BCUT2D eigenvalue weighted by molar-refractivity contribution is -0.113. The molecule has 0 N–H and O–H groups in total.